The number of rotatable bonds is 7. The first-order chi connectivity index (χ1) is 10.0. The number of nitrogens with one attached hydrogen (secondary N) is 2. The summed E-state index contributed by atoms with van der Waals surface area (Å²) in [6, 6.07) is 6.65. The summed E-state index contributed by atoms with van der Waals surface area (Å²) >= 11 is 7.17. The molecule has 0 amide bonds. The van der Waals surface area contributed by atoms with E-state index in [4.69, 9.17) is 11.6 Å². The van der Waals surface area contributed by atoms with Gasteiger partial charge in [-0.15, -0.1) is 11.3 Å². The van der Waals surface area contributed by atoms with Crippen molar-refractivity contribution < 1.29 is 8.42 Å². The number of hydrogen-bond donors (Lipinski definition) is 2. The number of thiazole rings is 1. The molecule has 0 spiro atoms. The Morgan fingerprint density at radius 1 is 1.29 bits per heavy atom. The van der Waals surface area contributed by atoms with Gasteiger partial charge in [-0.1, -0.05) is 18.5 Å². The number of aromatic nitrogens is 1. The van der Waals surface area contributed by atoms with Crippen LogP contribution in [-0.4, -0.2) is 19.9 Å². The van der Waals surface area contributed by atoms with Crippen LogP contribution in [-0.2, 0) is 16.6 Å². The van der Waals surface area contributed by atoms with Crippen LogP contribution in [0.2, 0.25) is 4.47 Å². The molecule has 8 heteroatoms. The average molecular weight is 346 g/mol. The Kier molecular flexibility index (Phi) is 5.58. The molecule has 1 aromatic heterocycles. The van der Waals surface area contributed by atoms with Crippen molar-refractivity contribution in [3.05, 3.63) is 39.8 Å². The highest BCUT2D eigenvalue weighted by Crippen LogP contribution is 2.20. The molecule has 0 bridgehead atoms. The van der Waals surface area contributed by atoms with E-state index in [2.05, 4.69) is 15.0 Å². The van der Waals surface area contributed by atoms with E-state index in [1.165, 1.54) is 11.3 Å². The molecule has 0 atom stereocenters. The van der Waals surface area contributed by atoms with E-state index in [1.807, 2.05) is 6.92 Å². The van der Waals surface area contributed by atoms with Gasteiger partial charge in [-0.05, 0) is 30.7 Å². The second kappa shape index (κ2) is 7.22. The lowest BCUT2D eigenvalue weighted by atomic mass is 10.3. The van der Waals surface area contributed by atoms with Gasteiger partial charge in [0.25, 0.3) is 0 Å². The second-order valence-electron chi connectivity index (χ2n) is 4.36. The number of hydrogen-bond acceptors (Lipinski definition) is 5. The van der Waals surface area contributed by atoms with Crippen molar-refractivity contribution in [1.82, 2.24) is 9.71 Å². The normalized spacial score (nSPS) is 11.5. The molecule has 2 N–H and O–H groups in total. The summed E-state index contributed by atoms with van der Waals surface area (Å²) in [6.07, 6.45) is 2.48. The minimum atomic E-state index is -3.41. The molecule has 2 aromatic rings. The minimum Gasteiger partial charge on any atom is -0.380 e. The van der Waals surface area contributed by atoms with Crippen molar-refractivity contribution in [2.45, 2.75) is 24.8 Å². The first-order valence-electron chi connectivity index (χ1n) is 6.45. The van der Waals surface area contributed by atoms with Crippen molar-refractivity contribution in [1.29, 1.82) is 0 Å². The molecular weight excluding hydrogens is 330 g/mol. The summed E-state index contributed by atoms with van der Waals surface area (Å²) in [7, 11) is -3.41. The summed E-state index contributed by atoms with van der Waals surface area (Å²) in [6.45, 7) is 2.96. The van der Waals surface area contributed by atoms with E-state index in [1.54, 1.807) is 30.5 Å². The largest absolute Gasteiger partial charge is 0.380 e. The zero-order chi connectivity index (χ0) is 15.3. The average Bonchev–Trinajstić information content (AvgIpc) is 2.89. The van der Waals surface area contributed by atoms with Crippen LogP contribution < -0.4 is 10.0 Å². The summed E-state index contributed by atoms with van der Waals surface area (Å²) in [4.78, 5) is 5.24. The monoisotopic (exact) mass is 345 g/mol. The molecule has 1 aromatic carbocycles. The number of benzene rings is 1. The lowest BCUT2D eigenvalue weighted by Crippen LogP contribution is -2.24. The van der Waals surface area contributed by atoms with Gasteiger partial charge >= 0.3 is 0 Å². The van der Waals surface area contributed by atoms with Gasteiger partial charge in [0.1, 0.15) is 0 Å². The standard InChI is InChI=1S/C13H16ClN3O2S2/c1-2-7-17-21(18,19)12-5-3-10(4-6-12)15-8-11-9-16-13(14)20-11/h3-6,9,15,17H,2,7-8H2,1H3. The fourth-order valence-electron chi connectivity index (χ4n) is 1.63. The van der Waals surface area contributed by atoms with Gasteiger partial charge in [-0.2, -0.15) is 0 Å². The molecule has 0 unspecified atom stereocenters. The Hall–Kier alpha value is -1.15. The predicted octanol–water partition coefficient (Wildman–Crippen LogP) is 3.10. The third kappa shape index (κ3) is 4.67. The smallest absolute Gasteiger partial charge is 0.240 e. The number of sulfonamides is 1. The van der Waals surface area contributed by atoms with Gasteiger partial charge in [0.2, 0.25) is 10.0 Å². The van der Waals surface area contributed by atoms with E-state index >= 15 is 0 Å². The van der Waals surface area contributed by atoms with Crippen molar-refractivity contribution in [3.63, 3.8) is 0 Å². The third-order valence-electron chi connectivity index (χ3n) is 2.70. The molecular formula is C13H16ClN3O2S2. The van der Waals surface area contributed by atoms with Gasteiger partial charge in [0.15, 0.2) is 4.47 Å². The van der Waals surface area contributed by atoms with E-state index in [-0.39, 0.29) is 4.90 Å². The fourth-order valence-corrected chi connectivity index (χ4v) is 3.68. The Balaban J connectivity index is 1.98. The molecule has 0 radical (unpaired) electrons. The number of anilines is 1. The number of halogens is 1. The highest BCUT2D eigenvalue weighted by Gasteiger charge is 2.12. The molecule has 0 saturated carbocycles. The van der Waals surface area contributed by atoms with Gasteiger partial charge < -0.3 is 5.32 Å². The van der Waals surface area contributed by atoms with Crippen LogP contribution in [0.1, 0.15) is 18.2 Å². The molecule has 0 aliphatic heterocycles. The zero-order valence-electron chi connectivity index (χ0n) is 11.5. The molecule has 0 aliphatic rings. The van der Waals surface area contributed by atoms with Crippen molar-refractivity contribution in [2.75, 3.05) is 11.9 Å². The van der Waals surface area contributed by atoms with Crippen molar-refractivity contribution >= 4 is 38.6 Å². The van der Waals surface area contributed by atoms with Crippen molar-refractivity contribution in [3.8, 4) is 0 Å². The fraction of sp³-hybridized carbons (Fsp3) is 0.308. The van der Waals surface area contributed by atoms with Crippen LogP contribution in [0.25, 0.3) is 0 Å². The van der Waals surface area contributed by atoms with Gasteiger partial charge in [0, 0.05) is 23.3 Å². The second-order valence-corrected chi connectivity index (χ2v) is 7.82. The quantitative estimate of drug-likeness (QED) is 0.809. The third-order valence-corrected chi connectivity index (χ3v) is 5.29. The molecule has 21 heavy (non-hydrogen) atoms. The number of nitrogens with zero attached hydrogens (tertiary/aromatic N) is 1. The van der Waals surface area contributed by atoms with Crippen LogP contribution >= 0.6 is 22.9 Å². The molecule has 0 fully saturated rings. The summed E-state index contributed by atoms with van der Waals surface area (Å²) < 4.78 is 26.9. The molecule has 114 valence electrons. The SMILES string of the molecule is CCCNS(=O)(=O)c1ccc(NCc2cnc(Cl)s2)cc1. The maximum atomic E-state index is 11.9. The van der Waals surface area contributed by atoms with Crippen molar-refractivity contribution in [2.24, 2.45) is 0 Å². The van der Waals surface area contributed by atoms with E-state index in [0.717, 1.165) is 17.0 Å². The van der Waals surface area contributed by atoms with Gasteiger partial charge in [0.05, 0.1) is 11.4 Å². The Labute approximate surface area is 133 Å². The highest BCUT2D eigenvalue weighted by molar-refractivity contribution is 7.89. The Bertz CT molecular complexity index is 684. The molecule has 1 heterocycles. The summed E-state index contributed by atoms with van der Waals surface area (Å²) in [5.41, 5.74) is 0.842. The Morgan fingerprint density at radius 3 is 2.57 bits per heavy atom. The lowest BCUT2D eigenvalue weighted by Gasteiger charge is -2.08. The maximum absolute atomic E-state index is 11.9. The molecule has 2 rings (SSSR count). The van der Waals surface area contributed by atoms with Gasteiger partial charge in [-0.3, -0.25) is 0 Å². The van der Waals surface area contributed by atoms with E-state index in [0.29, 0.717) is 17.6 Å². The van der Waals surface area contributed by atoms with Crippen LogP contribution in [0.3, 0.4) is 0 Å². The minimum absolute atomic E-state index is 0.266. The molecule has 0 saturated heterocycles. The van der Waals surface area contributed by atoms with Crippen LogP contribution in [0.4, 0.5) is 5.69 Å². The van der Waals surface area contributed by atoms with E-state index < -0.39 is 10.0 Å². The van der Waals surface area contributed by atoms with Crippen LogP contribution in [0.5, 0.6) is 0 Å². The first kappa shape index (κ1) is 16.2. The summed E-state index contributed by atoms with van der Waals surface area (Å²) in [5, 5.41) is 3.19. The maximum Gasteiger partial charge on any atom is 0.240 e. The summed E-state index contributed by atoms with van der Waals surface area (Å²) in [5.74, 6) is 0. The predicted molar refractivity (Wildman–Crippen MR) is 86.4 cm³/mol. The van der Waals surface area contributed by atoms with Gasteiger partial charge in [-0.25, -0.2) is 18.1 Å². The zero-order valence-corrected chi connectivity index (χ0v) is 13.9. The lowest BCUT2D eigenvalue weighted by molar-refractivity contribution is 0.581. The Morgan fingerprint density at radius 2 is 2.00 bits per heavy atom. The molecule has 5 nitrogen and oxygen atoms in total. The highest BCUT2D eigenvalue weighted by atomic mass is 35.5. The van der Waals surface area contributed by atoms with E-state index in [9.17, 15) is 8.42 Å². The topological polar surface area (TPSA) is 71.1 Å². The first-order valence-corrected chi connectivity index (χ1v) is 9.13. The van der Waals surface area contributed by atoms with Crippen LogP contribution in [0, 0.1) is 0 Å². The molecule has 0 aliphatic carbocycles. The van der Waals surface area contributed by atoms with Crippen LogP contribution in [0.15, 0.2) is 35.4 Å².